The quantitative estimate of drug-likeness (QED) is 0.329. The molecule has 0 atom stereocenters. The fraction of sp³-hybridized carbons (Fsp3) is 1.00. The van der Waals surface area contributed by atoms with Crippen LogP contribution in [0.4, 0.5) is 0 Å². The van der Waals surface area contributed by atoms with Crippen LogP contribution < -0.4 is 0 Å². The Hall–Kier alpha value is -0.0800. The molecule has 0 bridgehead atoms. The zero-order chi connectivity index (χ0) is 15.8. The molecule has 0 radical (unpaired) electrons. The molecule has 0 aromatic heterocycles. The molecule has 0 unspecified atom stereocenters. The Morgan fingerprint density at radius 3 is 1.18 bits per heavy atom. The van der Waals surface area contributed by atoms with Crippen molar-refractivity contribution in [1.82, 2.24) is 4.90 Å². The van der Waals surface area contributed by atoms with E-state index in [1.807, 2.05) is 0 Å². The summed E-state index contributed by atoms with van der Waals surface area (Å²) in [5.41, 5.74) is 0. The number of hydrogen-bond donors (Lipinski definition) is 0. The minimum Gasteiger partial charge on any atom is -0.412 e. The predicted octanol–water partition coefficient (Wildman–Crippen LogP) is 5.84. The van der Waals surface area contributed by atoms with E-state index in [2.05, 4.69) is 32.8 Å². The molecule has 0 aliphatic carbocycles. The monoisotopic (exact) mass is 315 g/mol. The smallest absolute Gasteiger partial charge is 0.00248 e. The molecule has 0 saturated carbocycles. The number of rotatable bonds is 16. The van der Waals surface area contributed by atoms with Crippen LogP contribution in [0, 0.1) is 5.92 Å². The third-order valence-electron chi connectivity index (χ3n) is 4.39. The standard InChI is InChI=1S/C20H43N.H2O/c1-20(2)18-16-14-12-10-8-6-5-7-9-11-13-15-17-19-21(3)4;/h20H,5-19H2,1-4H3;1H2. The first-order chi connectivity index (χ1) is 10.1. The van der Waals surface area contributed by atoms with Gasteiger partial charge in [0.25, 0.3) is 0 Å². The first kappa shape index (κ1) is 24.2. The molecule has 0 heterocycles. The summed E-state index contributed by atoms with van der Waals surface area (Å²) >= 11 is 0. The van der Waals surface area contributed by atoms with Crippen molar-refractivity contribution in [2.75, 3.05) is 20.6 Å². The van der Waals surface area contributed by atoms with E-state index >= 15 is 0 Å². The highest BCUT2D eigenvalue weighted by Crippen LogP contribution is 2.14. The molecule has 136 valence electrons. The maximum Gasteiger partial charge on any atom is -0.00248 e. The summed E-state index contributed by atoms with van der Waals surface area (Å²) < 4.78 is 0. The van der Waals surface area contributed by atoms with Gasteiger partial charge in [-0.1, -0.05) is 97.3 Å². The Labute approximate surface area is 141 Å². The Morgan fingerprint density at radius 1 is 0.545 bits per heavy atom. The van der Waals surface area contributed by atoms with Crippen molar-refractivity contribution in [2.24, 2.45) is 5.92 Å². The molecule has 0 aromatic rings. The SMILES string of the molecule is CC(C)CCCCCCCCCCCCCCCN(C)C.O. The molecule has 2 nitrogen and oxygen atoms in total. The molecule has 0 rings (SSSR count). The highest BCUT2D eigenvalue weighted by Gasteiger charge is 1.96. The van der Waals surface area contributed by atoms with Gasteiger partial charge >= 0.3 is 0 Å². The van der Waals surface area contributed by atoms with E-state index < -0.39 is 0 Å². The highest BCUT2D eigenvalue weighted by atomic mass is 16.0. The Kier molecular flexibility index (Phi) is 20.8. The zero-order valence-electron chi connectivity index (χ0n) is 16.1. The second-order valence-electron chi connectivity index (χ2n) is 7.58. The summed E-state index contributed by atoms with van der Waals surface area (Å²) in [6.07, 6.45) is 20.4. The van der Waals surface area contributed by atoms with Gasteiger partial charge < -0.3 is 10.4 Å². The van der Waals surface area contributed by atoms with Gasteiger partial charge in [-0.2, -0.15) is 0 Å². The van der Waals surface area contributed by atoms with Crippen LogP contribution in [-0.4, -0.2) is 31.0 Å². The van der Waals surface area contributed by atoms with Crippen LogP contribution in [-0.2, 0) is 0 Å². The summed E-state index contributed by atoms with van der Waals surface area (Å²) in [4.78, 5) is 2.29. The van der Waals surface area contributed by atoms with E-state index in [-0.39, 0.29) is 5.48 Å². The largest absolute Gasteiger partial charge is 0.412 e. The van der Waals surface area contributed by atoms with Crippen LogP contribution in [0.1, 0.15) is 104 Å². The van der Waals surface area contributed by atoms with Gasteiger partial charge in [-0.3, -0.25) is 0 Å². The van der Waals surface area contributed by atoms with E-state index in [0.29, 0.717) is 0 Å². The third-order valence-corrected chi connectivity index (χ3v) is 4.39. The molecule has 0 spiro atoms. The molecule has 2 N–H and O–H groups in total. The number of hydrogen-bond acceptors (Lipinski definition) is 1. The molecule has 0 aliphatic heterocycles. The average molecular weight is 316 g/mol. The fourth-order valence-corrected chi connectivity index (χ4v) is 2.93. The highest BCUT2D eigenvalue weighted by molar-refractivity contribution is 4.51. The maximum atomic E-state index is 2.34. The lowest BCUT2D eigenvalue weighted by molar-refractivity contribution is 0.389. The van der Waals surface area contributed by atoms with Crippen LogP contribution in [0.25, 0.3) is 0 Å². The Balaban J connectivity index is 0. The maximum absolute atomic E-state index is 2.34. The van der Waals surface area contributed by atoms with Crippen LogP contribution in [0.2, 0.25) is 0 Å². The van der Waals surface area contributed by atoms with Crippen molar-refractivity contribution in [1.29, 1.82) is 0 Å². The van der Waals surface area contributed by atoms with Crippen molar-refractivity contribution < 1.29 is 5.48 Å². The Bertz CT molecular complexity index is 172. The van der Waals surface area contributed by atoms with Crippen LogP contribution in [0.5, 0.6) is 0 Å². The van der Waals surface area contributed by atoms with Gasteiger partial charge in [-0.05, 0) is 33.0 Å². The molecule has 0 fully saturated rings. The predicted molar refractivity (Wildman–Crippen MR) is 102 cm³/mol. The molecule has 0 saturated heterocycles. The van der Waals surface area contributed by atoms with Gasteiger partial charge in [0, 0.05) is 0 Å². The minimum atomic E-state index is 0. The van der Waals surface area contributed by atoms with Gasteiger partial charge in [-0.15, -0.1) is 0 Å². The molecule has 2 heteroatoms. The molecule has 0 aliphatic rings. The lowest BCUT2D eigenvalue weighted by Gasteiger charge is -2.08. The van der Waals surface area contributed by atoms with Crippen molar-refractivity contribution in [3.63, 3.8) is 0 Å². The van der Waals surface area contributed by atoms with E-state index in [9.17, 15) is 0 Å². The van der Waals surface area contributed by atoms with E-state index in [1.54, 1.807) is 0 Å². The van der Waals surface area contributed by atoms with E-state index in [1.165, 1.54) is 96.4 Å². The van der Waals surface area contributed by atoms with Gasteiger partial charge in [0.2, 0.25) is 0 Å². The van der Waals surface area contributed by atoms with Crippen LogP contribution in [0.3, 0.4) is 0 Å². The molecule has 0 amide bonds. The van der Waals surface area contributed by atoms with Crippen LogP contribution in [0.15, 0.2) is 0 Å². The zero-order valence-corrected chi connectivity index (χ0v) is 16.1. The van der Waals surface area contributed by atoms with Crippen molar-refractivity contribution in [3.8, 4) is 0 Å². The first-order valence-electron chi connectivity index (χ1n) is 9.77. The molecule has 0 aromatic carbocycles. The van der Waals surface area contributed by atoms with Crippen molar-refractivity contribution in [3.05, 3.63) is 0 Å². The average Bonchev–Trinajstić information content (AvgIpc) is 2.42. The normalized spacial score (nSPS) is 11.2. The summed E-state index contributed by atoms with van der Waals surface area (Å²) in [7, 11) is 4.34. The van der Waals surface area contributed by atoms with Gasteiger partial charge in [0.1, 0.15) is 0 Å². The first-order valence-corrected chi connectivity index (χ1v) is 9.77. The van der Waals surface area contributed by atoms with E-state index in [4.69, 9.17) is 0 Å². The summed E-state index contributed by atoms with van der Waals surface area (Å²) in [5.74, 6) is 0.896. The Morgan fingerprint density at radius 2 is 0.864 bits per heavy atom. The fourth-order valence-electron chi connectivity index (χ4n) is 2.93. The molecular weight excluding hydrogens is 270 g/mol. The molecule has 22 heavy (non-hydrogen) atoms. The van der Waals surface area contributed by atoms with Gasteiger partial charge in [0.05, 0.1) is 0 Å². The topological polar surface area (TPSA) is 34.7 Å². The lowest BCUT2D eigenvalue weighted by Crippen LogP contribution is -2.12. The van der Waals surface area contributed by atoms with Crippen LogP contribution >= 0.6 is 0 Å². The summed E-state index contributed by atoms with van der Waals surface area (Å²) in [6, 6.07) is 0. The van der Waals surface area contributed by atoms with E-state index in [0.717, 1.165) is 5.92 Å². The minimum absolute atomic E-state index is 0. The van der Waals surface area contributed by atoms with Gasteiger partial charge in [0.15, 0.2) is 0 Å². The molecular formula is C20H45NO. The summed E-state index contributed by atoms with van der Waals surface area (Å²) in [6.45, 7) is 5.93. The second-order valence-corrected chi connectivity index (χ2v) is 7.58. The lowest BCUT2D eigenvalue weighted by atomic mass is 10.0. The summed E-state index contributed by atoms with van der Waals surface area (Å²) in [5, 5.41) is 0. The number of unbranched alkanes of at least 4 members (excludes halogenated alkanes) is 12. The second kappa shape index (κ2) is 19.0. The third kappa shape index (κ3) is 22.2. The van der Waals surface area contributed by atoms with Gasteiger partial charge in [-0.25, -0.2) is 0 Å². The number of nitrogens with zero attached hydrogens (tertiary/aromatic N) is 1. The van der Waals surface area contributed by atoms with Crippen molar-refractivity contribution in [2.45, 2.75) is 104 Å². The van der Waals surface area contributed by atoms with Crippen molar-refractivity contribution >= 4 is 0 Å².